The molecule has 0 bridgehead atoms. The van der Waals surface area contributed by atoms with Crippen molar-refractivity contribution in [2.75, 3.05) is 32.6 Å². The normalized spacial score (nSPS) is 10.5. The van der Waals surface area contributed by atoms with Crippen LogP contribution in [0.15, 0.2) is 53.1 Å². The predicted molar refractivity (Wildman–Crippen MR) is 112 cm³/mol. The second kappa shape index (κ2) is 9.21. The number of rotatable bonds is 7. The second-order valence-corrected chi connectivity index (χ2v) is 7.11. The van der Waals surface area contributed by atoms with Crippen molar-refractivity contribution in [3.63, 3.8) is 0 Å². The van der Waals surface area contributed by atoms with E-state index in [0.717, 1.165) is 11.3 Å². The van der Waals surface area contributed by atoms with E-state index in [1.165, 1.54) is 4.90 Å². The predicted octanol–water partition coefficient (Wildman–Crippen LogP) is 2.93. The van der Waals surface area contributed by atoms with Crippen molar-refractivity contribution in [1.29, 1.82) is 0 Å². The Balaban J connectivity index is 1.51. The van der Waals surface area contributed by atoms with E-state index in [1.54, 1.807) is 38.2 Å². The third kappa shape index (κ3) is 5.22. The SMILES string of the molecule is Cc1noc(-c2ccc(C(=O)OCC(=O)N(C)Cc3ccc(N(C)C)cc3)cc2)n1. The smallest absolute Gasteiger partial charge is 0.338 e. The fourth-order valence-corrected chi connectivity index (χ4v) is 2.75. The van der Waals surface area contributed by atoms with Gasteiger partial charge in [-0.25, -0.2) is 4.79 Å². The monoisotopic (exact) mass is 408 g/mol. The van der Waals surface area contributed by atoms with Crippen molar-refractivity contribution in [2.24, 2.45) is 0 Å². The molecule has 0 spiro atoms. The Morgan fingerprint density at radius 2 is 1.67 bits per heavy atom. The van der Waals surface area contributed by atoms with Crippen LogP contribution in [0.1, 0.15) is 21.7 Å². The fourth-order valence-electron chi connectivity index (χ4n) is 2.75. The average Bonchev–Trinajstić information content (AvgIpc) is 3.18. The summed E-state index contributed by atoms with van der Waals surface area (Å²) < 4.78 is 10.3. The maximum Gasteiger partial charge on any atom is 0.338 e. The van der Waals surface area contributed by atoms with E-state index in [0.29, 0.717) is 29.4 Å². The van der Waals surface area contributed by atoms with Gasteiger partial charge in [-0.2, -0.15) is 4.98 Å². The van der Waals surface area contributed by atoms with Gasteiger partial charge in [0.25, 0.3) is 11.8 Å². The van der Waals surface area contributed by atoms with E-state index < -0.39 is 5.97 Å². The summed E-state index contributed by atoms with van der Waals surface area (Å²) in [4.78, 5) is 32.2. The standard InChI is InChI=1S/C22H24N4O4/c1-15-23-21(30-24-15)17-7-9-18(10-8-17)22(28)29-14-20(27)26(4)13-16-5-11-19(12-6-16)25(2)3/h5-12H,13-14H2,1-4H3. The van der Waals surface area contributed by atoms with Gasteiger partial charge < -0.3 is 19.1 Å². The minimum absolute atomic E-state index is 0.280. The van der Waals surface area contributed by atoms with E-state index in [4.69, 9.17) is 9.26 Å². The number of carbonyl (C=O) groups excluding carboxylic acids is 2. The Morgan fingerprint density at radius 3 is 2.23 bits per heavy atom. The maximum absolute atomic E-state index is 12.3. The topological polar surface area (TPSA) is 88.8 Å². The highest BCUT2D eigenvalue weighted by atomic mass is 16.5. The number of amides is 1. The molecule has 0 unspecified atom stereocenters. The van der Waals surface area contributed by atoms with E-state index in [9.17, 15) is 9.59 Å². The molecule has 1 amide bonds. The number of nitrogens with zero attached hydrogens (tertiary/aromatic N) is 4. The molecular formula is C22H24N4O4. The Hall–Kier alpha value is -3.68. The number of carbonyl (C=O) groups is 2. The van der Waals surface area contributed by atoms with Gasteiger partial charge in [0.05, 0.1) is 5.56 Å². The largest absolute Gasteiger partial charge is 0.452 e. The molecule has 0 fully saturated rings. The highest BCUT2D eigenvalue weighted by molar-refractivity contribution is 5.91. The summed E-state index contributed by atoms with van der Waals surface area (Å²) in [6, 6.07) is 14.5. The molecule has 0 saturated heterocycles. The van der Waals surface area contributed by atoms with Crippen molar-refractivity contribution in [3.8, 4) is 11.5 Å². The molecule has 0 saturated carbocycles. The molecule has 3 aromatic rings. The van der Waals surface area contributed by atoms with Crippen LogP contribution in [0.4, 0.5) is 5.69 Å². The lowest BCUT2D eigenvalue weighted by Crippen LogP contribution is -2.30. The zero-order valence-corrected chi connectivity index (χ0v) is 17.5. The van der Waals surface area contributed by atoms with Crippen LogP contribution in [-0.4, -0.2) is 54.7 Å². The summed E-state index contributed by atoms with van der Waals surface area (Å²) in [6.07, 6.45) is 0. The van der Waals surface area contributed by atoms with Crippen LogP contribution in [-0.2, 0) is 16.1 Å². The first kappa shape index (κ1) is 21.0. The molecule has 8 heteroatoms. The molecule has 156 valence electrons. The van der Waals surface area contributed by atoms with Gasteiger partial charge in [0, 0.05) is 38.9 Å². The van der Waals surface area contributed by atoms with E-state index in [-0.39, 0.29) is 12.5 Å². The van der Waals surface area contributed by atoms with Gasteiger partial charge in [0.1, 0.15) is 0 Å². The first-order chi connectivity index (χ1) is 14.3. The van der Waals surface area contributed by atoms with Crippen LogP contribution in [0.25, 0.3) is 11.5 Å². The molecule has 8 nitrogen and oxygen atoms in total. The van der Waals surface area contributed by atoms with E-state index >= 15 is 0 Å². The Morgan fingerprint density at radius 1 is 1.00 bits per heavy atom. The quantitative estimate of drug-likeness (QED) is 0.555. The average molecular weight is 408 g/mol. The molecule has 3 rings (SSSR count). The number of benzene rings is 2. The van der Waals surface area contributed by atoms with Crippen molar-refractivity contribution in [2.45, 2.75) is 13.5 Å². The number of ether oxygens (including phenoxy) is 1. The molecule has 2 aromatic carbocycles. The molecule has 0 radical (unpaired) electrons. The molecule has 0 aliphatic rings. The second-order valence-electron chi connectivity index (χ2n) is 7.11. The molecule has 0 atom stereocenters. The van der Waals surface area contributed by atoms with Crippen LogP contribution < -0.4 is 4.90 Å². The fraction of sp³-hybridized carbons (Fsp3) is 0.273. The van der Waals surface area contributed by atoms with E-state index in [1.807, 2.05) is 43.3 Å². The summed E-state index contributed by atoms with van der Waals surface area (Å²) in [6.45, 7) is 1.84. The lowest BCUT2D eigenvalue weighted by Gasteiger charge is -2.18. The van der Waals surface area contributed by atoms with Crippen molar-refractivity contribution >= 4 is 17.6 Å². The van der Waals surface area contributed by atoms with Crippen molar-refractivity contribution in [1.82, 2.24) is 15.0 Å². The minimum atomic E-state index is -0.569. The third-order valence-corrected chi connectivity index (χ3v) is 4.52. The zero-order valence-electron chi connectivity index (χ0n) is 17.5. The van der Waals surface area contributed by atoms with Gasteiger partial charge in [0.2, 0.25) is 0 Å². The number of aromatic nitrogens is 2. The van der Waals surface area contributed by atoms with E-state index in [2.05, 4.69) is 10.1 Å². The molecular weight excluding hydrogens is 384 g/mol. The summed E-state index contributed by atoms with van der Waals surface area (Å²) in [5.41, 5.74) is 3.12. The Bertz CT molecular complexity index is 1010. The lowest BCUT2D eigenvalue weighted by molar-refractivity contribution is -0.133. The summed E-state index contributed by atoms with van der Waals surface area (Å²) in [5.74, 6) is 0.0610. The van der Waals surface area contributed by atoms with Gasteiger partial charge in [0.15, 0.2) is 12.4 Å². The molecule has 30 heavy (non-hydrogen) atoms. The van der Waals surface area contributed by atoms with Gasteiger partial charge in [-0.15, -0.1) is 0 Å². The first-order valence-corrected chi connectivity index (χ1v) is 9.41. The van der Waals surface area contributed by atoms with Gasteiger partial charge in [-0.05, 0) is 48.9 Å². The Kier molecular flexibility index (Phi) is 6.46. The highest BCUT2D eigenvalue weighted by Crippen LogP contribution is 2.18. The number of hydrogen-bond donors (Lipinski definition) is 0. The number of likely N-dealkylation sites (N-methyl/N-ethyl adjacent to an activating group) is 1. The van der Waals surface area contributed by atoms with Crippen LogP contribution in [0.2, 0.25) is 0 Å². The summed E-state index contributed by atoms with van der Waals surface area (Å²) in [5, 5.41) is 3.74. The van der Waals surface area contributed by atoms with Gasteiger partial charge >= 0.3 is 5.97 Å². The summed E-state index contributed by atoms with van der Waals surface area (Å²) in [7, 11) is 5.62. The first-order valence-electron chi connectivity index (χ1n) is 9.41. The number of anilines is 1. The maximum atomic E-state index is 12.3. The van der Waals surface area contributed by atoms with Crippen molar-refractivity contribution in [3.05, 3.63) is 65.5 Å². The molecule has 0 aliphatic carbocycles. The lowest BCUT2D eigenvalue weighted by atomic mass is 10.1. The summed E-state index contributed by atoms with van der Waals surface area (Å²) >= 11 is 0. The molecule has 0 aliphatic heterocycles. The number of hydrogen-bond acceptors (Lipinski definition) is 7. The van der Waals surface area contributed by atoms with Gasteiger partial charge in [-0.3, -0.25) is 4.79 Å². The molecule has 1 aromatic heterocycles. The zero-order chi connectivity index (χ0) is 21.7. The molecule has 1 heterocycles. The van der Waals surface area contributed by atoms with Crippen LogP contribution >= 0.6 is 0 Å². The Labute approximate surface area is 175 Å². The van der Waals surface area contributed by atoms with Crippen molar-refractivity contribution < 1.29 is 18.8 Å². The van der Waals surface area contributed by atoms with Crippen LogP contribution in [0.5, 0.6) is 0 Å². The van der Waals surface area contributed by atoms with Crippen LogP contribution in [0, 0.1) is 6.92 Å². The number of aryl methyl sites for hydroxylation is 1. The highest BCUT2D eigenvalue weighted by Gasteiger charge is 2.15. The third-order valence-electron chi connectivity index (χ3n) is 4.52. The van der Waals surface area contributed by atoms with Gasteiger partial charge in [-0.1, -0.05) is 17.3 Å². The molecule has 0 N–H and O–H groups in total. The number of esters is 1. The van der Waals surface area contributed by atoms with Crippen LogP contribution in [0.3, 0.4) is 0 Å². The minimum Gasteiger partial charge on any atom is -0.452 e.